The van der Waals surface area contributed by atoms with Gasteiger partial charge < -0.3 is 9.42 Å². The molecule has 1 fully saturated rings. The van der Waals surface area contributed by atoms with E-state index in [1.54, 1.807) is 0 Å². The van der Waals surface area contributed by atoms with Crippen LogP contribution >= 0.6 is 0 Å². The lowest BCUT2D eigenvalue weighted by Crippen LogP contribution is -2.36. The van der Waals surface area contributed by atoms with E-state index >= 15 is 0 Å². The zero-order chi connectivity index (χ0) is 9.80. The Morgan fingerprint density at radius 1 is 1.50 bits per heavy atom. The van der Waals surface area contributed by atoms with Crippen LogP contribution in [0.4, 0.5) is 0 Å². The molecule has 0 aliphatic carbocycles. The smallest absolute Gasteiger partial charge is 0.228 e. The van der Waals surface area contributed by atoms with Crippen molar-refractivity contribution >= 4 is 5.84 Å². The van der Waals surface area contributed by atoms with Gasteiger partial charge >= 0.3 is 0 Å². The van der Waals surface area contributed by atoms with E-state index in [9.17, 15) is 0 Å². The van der Waals surface area contributed by atoms with Crippen LogP contribution in [-0.4, -0.2) is 34.0 Å². The first kappa shape index (κ1) is 9.18. The number of amidine groups is 1. The predicted octanol–water partition coefficient (Wildman–Crippen LogP) is 1.08. The summed E-state index contributed by atoms with van der Waals surface area (Å²) in [6, 6.07) is 0. The lowest BCUT2D eigenvalue weighted by molar-refractivity contribution is 0.331. The maximum absolute atomic E-state index is 7.73. The molecule has 1 aromatic heterocycles. The van der Waals surface area contributed by atoms with Crippen molar-refractivity contribution in [2.75, 3.05) is 13.1 Å². The highest BCUT2D eigenvalue weighted by atomic mass is 16.5. The second kappa shape index (κ2) is 4.21. The first-order valence-corrected chi connectivity index (χ1v) is 4.94. The van der Waals surface area contributed by atoms with Crippen molar-refractivity contribution in [3.05, 3.63) is 12.2 Å². The fraction of sp³-hybridized carbons (Fsp3) is 0.667. The number of piperidine rings is 1. The van der Waals surface area contributed by atoms with Gasteiger partial charge in [-0.15, -0.1) is 0 Å². The van der Waals surface area contributed by atoms with Crippen molar-refractivity contribution in [2.45, 2.75) is 25.7 Å². The van der Waals surface area contributed by atoms with Crippen LogP contribution in [0.3, 0.4) is 0 Å². The molecule has 5 heteroatoms. The Hall–Kier alpha value is -1.39. The maximum Gasteiger partial charge on any atom is 0.228 e. The summed E-state index contributed by atoms with van der Waals surface area (Å²) in [5.74, 6) is 1.40. The Bertz CT molecular complexity index is 296. The number of hydrogen-bond acceptors (Lipinski definition) is 4. The van der Waals surface area contributed by atoms with Crippen LogP contribution < -0.4 is 0 Å². The molecule has 5 nitrogen and oxygen atoms in total. The second-order valence-electron chi connectivity index (χ2n) is 3.48. The van der Waals surface area contributed by atoms with Crippen LogP contribution in [0, 0.1) is 5.41 Å². The summed E-state index contributed by atoms with van der Waals surface area (Å²) in [6.45, 7) is 1.81. The van der Waals surface area contributed by atoms with Crippen molar-refractivity contribution in [1.29, 1.82) is 5.41 Å². The quantitative estimate of drug-likeness (QED) is 0.781. The number of hydrogen-bond donors (Lipinski definition) is 1. The highest BCUT2D eigenvalue weighted by Gasteiger charge is 2.14. The molecule has 0 aromatic carbocycles. The van der Waals surface area contributed by atoms with Gasteiger partial charge in [0.2, 0.25) is 5.89 Å². The summed E-state index contributed by atoms with van der Waals surface area (Å²) in [6.07, 6.45) is 5.39. The molecule has 1 N–H and O–H groups in total. The minimum atomic E-state index is 0.656. The van der Waals surface area contributed by atoms with Gasteiger partial charge in [-0.3, -0.25) is 5.41 Å². The van der Waals surface area contributed by atoms with Crippen LogP contribution in [-0.2, 0) is 6.42 Å². The molecule has 0 amide bonds. The van der Waals surface area contributed by atoms with Crippen molar-refractivity contribution < 1.29 is 4.52 Å². The molecule has 76 valence electrons. The van der Waals surface area contributed by atoms with Gasteiger partial charge in [-0.1, -0.05) is 5.16 Å². The average molecular weight is 194 g/mol. The van der Waals surface area contributed by atoms with Crippen molar-refractivity contribution in [1.82, 2.24) is 15.0 Å². The van der Waals surface area contributed by atoms with Crippen molar-refractivity contribution in [2.24, 2.45) is 0 Å². The molecule has 14 heavy (non-hydrogen) atoms. The van der Waals surface area contributed by atoms with E-state index in [2.05, 4.69) is 15.0 Å². The van der Waals surface area contributed by atoms with Crippen LogP contribution in [0.15, 0.2) is 10.9 Å². The third-order valence-corrected chi connectivity index (χ3v) is 2.48. The molecule has 0 atom stereocenters. The van der Waals surface area contributed by atoms with Crippen LogP contribution in [0.2, 0.25) is 0 Å². The lowest BCUT2D eigenvalue weighted by Gasteiger charge is -2.28. The van der Waals surface area contributed by atoms with Gasteiger partial charge in [0.1, 0.15) is 0 Å². The normalized spacial score (nSPS) is 17.4. The van der Waals surface area contributed by atoms with Gasteiger partial charge in [-0.25, -0.2) is 0 Å². The van der Waals surface area contributed by atoms with E-state index in [1.807, 2.05) is 0 Å². The van der Waals surface area contributed by atoms with E-state index < -0.39 is 0 Å². The average Bonchev–Trinajstić information content (AvgIpc) is 2.69. The molecule has 0 spiro atoms. The van der Waals surface area contributed by atoms with Gasteiger partial charge in [0, 0.05) is 25.9 Å². The molecule has 1 aliphatic heterocycles. The number of likely N-dealkylation sites (tertiary alicyclic amines) is 1. The molecule has 2 heterocycles. The Labute approximate surface area is 82.6 Å². The van der Waals surface area contributed by atoms with Gasteiger partial charge in [-0.2, -0.15) is 4.98 Å². The SMILES string of the molecule is N=C1CCCCN1CCc1ncno1. The van der Waals surface area contributed by atoms with E-state index in [-0.39, 0.29) is 0 Å². The molecule has 0 radical (unpaired) electrons. The highest BCUT2D eigenvalue weighted by molar-refractivity contribution is 5.79. The number of nitrogens with zero attached hydrogens (tertiary/aromatic N) is 3. The monoisotopic (exact) mass is 194 g/mol. The maximum atomic E-state index is 7.73. The molecular weight excluding hydrogens is 180 g/mol. The molecule has 1 aromatic rings. The molecular formula is C9H14N4O. The Kier molecular flexibility index (Phi) is 2.76. The van der Waals surface area contributed by atoms with E-state index in [1.165, 1.54) is 12.7 Å². The third kappa shape index (κ3) is 2.10. The van der Waals surface area contributed by atoms with Gasteiger partial charge in [0.05, 0.1) is 5.84 Å². The zero-order valence-corrected chi connectivity index (χ0v) is 8.07. The standard InChI is InChI=1S/C9H14N4O/c10-8-3-1-2-5-13(8)6-4-9-11-7-12-14-9/h7,10H,1-6H2. The summed E-state index contributed by atoms with van der Waals surface area (Å²) in [4.78, 5) is 6.04. The Morgan fingerprint density at radius 2 is 2.43 bits per heavy atom. The Morgan fingerprint density at radius 3 is 3.14 bits per heavy atom. The van der Waals surface area contributed by atoms with E-state index in [0.717, 1.165) is 38.2 Å². The first-order chi connectivity index (χ1) is 6.86. The van der Waals surface area contributed by atoms with Crippen molar-refractivity contribution in [3.63, 3.8) is 0 Å². The lowest BCUT2D eigenvalue weighted by atomic mass is 10.1. The van der Waals surface area contributed by atoms with Crippen LogP contribution in [0.1, 0.15) is 25.2 Å². The highest BCUT2D eigenvalue weighted by Crippen LogP contribution is 2.11. The molecule has 1 aliphatic rings. The fourth-order valence-electron chi connectivity index (χ4n) is 1.67. The summed E-state index contributed by atoms with van der Waals surface area (Å²) < 4.78 is 4.90. The zero-order valence-electron chi connectivity index (χ0n) is 8.07. The van der Waals surface area contributed by atoms with Gasteiger partial charge in [0.15, 0.2) is 6.33 Å². The van der Waals surface area contributed by atoms with E-state index in [0.29, 0.717) is 5.89 Å². The topological polar surface area (TPSA) is 66.0 Å². The number of aromatic nitrogens is 2. The van der Waals surface area contributed by atoms with Gasteiger partial charge in [0.25, 0.3) is 0 Å². The molecule has 0 unspecified atom stereocenters. The summed E-state index contributed by atoms with van der Waals surface area (Å²) in [5.41, 5.74) is 0. The van der Waals surface area contributed by atoms with Gasteiger partial charge in [-0.05, 0) is 12.8 Å². The summed E-state index contributed by atoms with van der Waals surface area (Å²) in [5, 5.41) is 11.3. The largest absolute Gasteiger partial charge is 0.360 e. The number of nitrogens with one attached hydrogen (secondary N) is 1. The number of rotatable bonds is 3. The summed E-state index contributed by atoms with van der Waals surface area (Å²) >= 11 is 0. The predicted molar refractivity (Wildman–Crippen MR) is 51.2 cm³/mol. The minimum Gasteiger partial charge on any atom is -0.360 e. The second-order valence-corrected chi connectivity index (χ2v) is 3.48. The van der Waals surface area contributed by atoms with E-state index in [4.69, 9.17) is 9.93 Å². The Balaban J connectivity index is 1.82. The molecule has 1 saturated heterocycles. The minimum absolute atomic E-state index is 0.656. The fourth-order valence-corrected chi connectivity index (χ4v) is 1.67. The molecule has 0 bridgehead atoms. The molecule has 2 rings (SSSR count). The van der Waals surface area contributed by atoms with Crippen molar-refractivity contribution in [3.8, 4) is 0 Å². The molecule has 0 saturated carbocycles. The third-order valence-electron chi connectivity index (χ3n) is 2.48. The van der Waals surface area contributed by atoms with Crippen LogP contribution in [0.25, 0.3) is 0 Å². The van der Waals surface area contributed by atoms with Crippen LogP contribution in [0.5, 0.6) is 0 Å². The first-order valence-electron chi connectivity index (χ1n) is 4.94. The summed E-state index contributed by atoms with van der Waals surface area (Å²) in [7, 11) is 0.